The summed E-state index contributed by atoms with van der Waals surface area (Å²) in [5.41, 5.74) is 4.06. The van der Waals surface area contributed by atoms with E-state index in [1.807, 2.05) is 11.0 Å². The van der Waals surface area contributed by atoms with Crippen LogP contribution in [0.3, 0.4) is 0 Å². The molecule has 6 nitrogen and oxygen atoms in total. The van der Waals surface area contributed by atoms with Gasteiger partial charge in [0.1, 0.15) is 5.69 Å². The van der Waals surface area contributed by atoms with Crippen LogP contribution in [0.1, 0.15) is 27.5 Å². The number of aromatic nitrogens is 1. The molecule has 5 rings (SSSR count). The Bertz CT molecular complexity index is 897. The molecule has 1 saturated heterocycles. The van der Waals surface area contributed by atoms with Gasteiger partial charge < -0.3 is 15.5 Å². The number of anilines is 1. The molecular weight excluding hydrogens is 328 g/mol. The van der Waals surface area contributed by atoms with Crippen LogP contribution in [0.15, 0.2) is 42.6 Å². The van der Waals surface area contributed by atoms with Crippen molar-refractivity contribution < 1.29 is 9.59 Å². The predicted molar refractivity (Wildman–Crippen MR) is 97.1 cm³/mol. The average Bonchev–Trinajstić information content (AvgIpc) is 3.18. The topological polar surface area (TPSA) is 74.3 Å². The highest BCUT2D eigenvalue weighted by molar-refractivity contribution is 5.94. The maximum atomic E-state index is 12.7. The standard InChI is InChI=1S/C20H20N4O2/c25-17-11-24(8-7-22-17)13-5-6-21-16(10-13)20(26)23-19-15-9-12-3-1-2-4-14(12)18(15)19/h1-6,10,15,18-19H,7-9,11H2,(H,22,25)(H,23,26). The molecule has 2 amide bonds. The van der Waals surface area contributed by atoms with Gasteiger partial charge in [0.05, 0.1) is 6.54 Å². The van der Waals surface area contributed by atoms with Crippen LogP contribution in [0, 0.1) is 5.92 Å². The molecule has 2 aliphatic carbocycles. The van der Waals surface area contributed by atoms with Gasteiger partial charge in [0.25, 0.3) is 5.91 Å². The average molecular weight is 348 g/mol. The summed E-state index contributed by atoms with van der Waals surface area (Å²) < 4.78 is 0. The number of piperazine rings is 1. The number of rotatable bonds is 3. The molecule has 2 aromatic rings. The molecule has 3 atom stereocenters. The van der Waals surface area contributed by atoms with Gasteiger partial charge in [-0.2, -0.15) is 0 Å². The molecule has 3 aliphatic rings. The van der Waals surface area contributed by atoms with Crippen molar-refractivity contribution in [2.45, 2.75) is 18.4 Å². The lowest BCUT2D eigenvalue weighted by Crippen LogP contribution is -2.47. The lowest BCUT2D eigenvalue weighted by atomic mass is 10.1. The van der Waals surface area contributed by atoms with E-state index >= 15 is 0 Å². The lowest BCUT2D eigenvalue weighted by molar-refractivity contribution is -0.120. The quantitative estimate of drug-likeness (QED) is 0.871. The van der Waals surface area contributed by atoms with Crippen molar-refractivity contribution in [3.63, 3.8) is 0 Å². The van der Waals surface area contributed by atoms with E-state index in [2.05, 4.69) is 39.9 Å². The number of nitrogens with zero attached hydrogens (tertiary/aromatic N) is 2. The number of nitrogens with one attached hydrogen (secondary N) is 2. The van der Waals surface area contributed by atoms with Crippen LogP contribution in [0.25, 0.3) is 0 Å². The number of carbonyl (C=O) groups excluding carboxylic acids is 2. The van der Waals surface area contributed by atoms with Crippen LogP contribution in [0.4, 0.5) is 5.69 Å². The zero-order valence-electron chi connectivity index (χ0n) is 14.3. The van der Waals surface area contributed by atoms with Gasteiger partial charge in [-0.1, -0.05) is 24.3 Å². The summed E-state index contributed by atoms with van der Waals surface area (Å²) in [6, 6.07) is 12.3. The molecule has 1 saturated carbocycles. The summed E-state index contributed by atoms with van der Waals surface area (Å²) in [5, 5.41) is 5.96. The van der Waals surface area contributed by atoms with E-state index in [1.54, 1.807) is 12.3 Å². The zero-order valence-corrected chi connectivity index (χ0v) is 14.3. The van der Waals surface area contributed by atoms with E-state index in [-0.39, 0.29) is 17.9 Å². The monoisotopic (exact) mass is 348 g/mol. The van der Waals surface area contributed by atoms with Crippen LogP contribution < -0.4 is 15.5 Å². The Hall–Kier alpha value is -2.89. The minimum absolute atomic E-state index is 0.00327. The Balaban J connectivity index is 1.29. The van der Waals surface area contributed by atoms with E-state index in [0.29, 0.717) is 30.6 Å². The second-order valence-electron chi connectivity index (χ2n) is 7.26. The van der Waals surface area contributed by atoms with Crippen LogP contribution in [-0.4, -0.2) is 42.5 Å². The van der Waals surface area contributed by atoms with E-state index in [1.165, 1.54) is 11.1 Å². The summed E-state index contributed by atoms with van der Waals surface area (Å²) in [6.45, 7) is 1.67. The van der Waals surface area contributed by atoms with Crippen LogP contribution in [0.5, 0.6) is 0 Å². The molecule has 1 aromatic heterocycles. The number of pyridine rings is 1. The van der Waals surface area contributed by atoms with Gasteiger partial charge in [-0.15, -0.1) is 0 Å². The molecule has 0 bridgehead atoms. The Kier molecular flexibility index (Phi) is 3.45. The Labute approximate surface area is 151 Å². The predicted octanol–water partition coefficient (Wildman–Crippen LogP) is 1.09. The lowest BCUT2D eigenvalue weighted by Gasteiger charge is -2.28. The highest BCUT2D eigenvalue weighted by Gasteiger charge is 2.56. The van der Waals surface area contributed by atoms with Gasteiger partial charge >= 0.3 is 0 Å². The smallest absolute Gasteiger partial charge is 0.270 e. The number of hydrogen-bond acceptors (Lipinski definition) is 4. The molecule has 2 fully saturated rings. The summed E-state index contributed by atoms with van der Waals surface area (Å²) >= 11 is 0. The molecular formula is C20H20N4O2. The summed E-state index contributed by atoms with van der Waals surface area (Å²) in [7, 11) is 0. The van der Waals surface area contributed by atoms with Crippen molar-refractivity contribution in [3.8, 4) is 0 Å². The fraction of sp³-hybridized carbons (Fsp3) is 0.350. The fourth-order valence-electron chi connectivity index (χ4n) is 4.37. The minimum atomic E-state index is -0.134. The molecule has 1 aromatic carbocycles. The Morgan fingerprint density at radius 1 is 1.27 bits per heavy atom. The van der Waals surface area contributed by atoms with E-state index in [9.17, 15) is 9.59 Å². The van der Waals surface area contributed by atoms with Crippen LogP contribution >= 0.6 is 0 Å². The number of fused-ring (bicyclic) bond motifs is 3. The van der Waals surface area contributed by atoms with Crippen molar-refractivity contribution in [2.75, 3.05) is 24.5 Å². The van der Waals surface area contributed by atoms with Gasteiger partial charge in [-0.25, -0.2) is 0 Å². The zero-order chi connectivity index (χ0) is 17.7. The molecule has 1 aliphatic heterocycles. The summed E-state index contributed by atoms with van der Waals surface area (Å²) in [4.78, 5) is 30.5. The second kappa shape index (κ2) is 5.83. The first-order valence-corrected chi connectivity index (χ1v) is 9.07. The molecule has 26 heavy (non-hydrogen) atoms. The largest absolute Gasteiger partial charge is 0.360 e. The molecule has 132 valence electrons. The van der Waals surface area contributed by atoms with Crippen LogP contribution in [0.2, 0.25) is 0 Å². The molecule has 0 radical (unpaired) electrons. The summed E-state index contributed by atoms with van der Waals surface area (Å²) in [5.74, 6) is 0.836. The second-order valence-corrected chi connectivity index (χ2v) is 7.26. The molecule has 2 N–H and O–H groups in total. The molecule has 3 unspecified atom stereocenters. The normalized spacial score (nSPS) is 25.9. The molecule has 2 heterocycles. The highest BCUT2D eigenvalue weighted by atomic mass is 16.2. The first-order chi connectivity index (χ1) is 12.7. The number of amides is 2. The van der Waals surface area contributed by atoms with Crippen molar-refractivity contribution in [1.82, 2.24) is 15.6 Å². The maximum Gasteiger partial charge on any atom is 0.270 e. The first kappa shape index (κ1) is 15.4. The van der Waals surface area contributed by atoms with Crippen molar-refractivity contribution in [3.05, 3.63) is 59.4 Å². The summed E-state index contributed by atoms with van der Waals surface area (Å²) in [6.07, 6.45) is 2.68. The fourth-order valence-corrected chi connectivity index (χ4v) is 4.37. The third-order valence-electron chi connectivity index (χ3n) is 5.72. The van der Waals surface area contributed by atoms with Gasteiger partial charge in [-0.3, -0.25) is 14.6 Å². The number of benzene rings is 1. The van der Waals surface area contributed by atoms with Crippen molar-refractivity contribution in [1.29, 1.82) is 0 Å². The van der Waals surface area contributed by atoms with Gasteiger partial charge in [0, 0.05) is 36.9 Å². The Morgan fingerprint density at radius 3 is 3.04 bits per heavy atom. The number of carbonyl (C=O) groups is 2. The third kappa shape index (κ3) is 2.53. The van der Waals surface area contributed by atoms with Gasteiger partial charge in [0.15, 0.2) is 0 Å². The van der Waals surface area contributed by atoms with E-state index in [0.717, 1.165) is 18.7 Å². The molecule has 6 heteroatoms. The maximum absolute atomic E-state index is 12.7. The third-order valence-corrected chi connectivity index (χ3v) is 5.72. The van der Waals surface area contributed by atoms with E-state index in [4.69, 9.17) is 0 Å². The number of hydrogen-bond donors (Lipinski definition) is 2. The van der Waals surface area contributed by atoms with E-state index < -0.39 is 0 Å². The first-order valence-electron chi connectivity index (χ1n) is 9.07. The minimum Gasteiger partial charge on any atom is -0.360 e. The SMILES string of the molecule is O=C1CN(c2ccnc(C(=O)NC3C4Cc5ccccc5C43)c2)CCN1. The van der Waals surface area contributed by atoms with Gasteiger partial charge in [-0.05, 0) is 35.6 Å². The highest BCUT2D eigenvalue weighted by Crippen LogP contribution is 2.56. The Morgan fingerprint density at radius 2 is 2.15 bits per heavy atom. The van der Waals surface area contributed by atoms with Crippen molar-refractivity contribution in [2.24, 2.45) is 5.92 Å². The molecule has 0 spiro atoms. The van der Waals surface area contributed by atoms with Crippen LogP contribution in [-0.2, 0) is 11.2 Å². The van der Waals surface area contributed by atoms with Gasteiger partial charge in [0.2, 0.25) is 5.91 Å². The van der Waals surface area contributed by atoms with Crippen molar-refractivity contribution >= 4 is 17.5 Å².